The average molecular weight is 201 g/mol. The van der Waals surface area contributed by atoms with Crippen molar-refractivity contribution < 1.29 is 0 Å². The summed E-state index contributed by atoms with van der Waals surface area (Å²) < 4.78 is 0. The van der Waals surface area contributed by atoms with Gasteiger partial charge in [-0.2, -0.15) is 5.26 Å². The molecule has 0 fully saturated rings. The first kappa shape index (κ1) is 9.07. The second-order valence-electron chi connectivity index (χ2n) is 0.224. The lowest BCUT2D eigenvalue weighted by molar-refractivity contribution is 1.49. The van der Waals surface area contributed by atoms with E-state index in [4.69, 9.17) is 5.26 Å². The fraction of sp³-hybridized carbons (Fsp3) is 0.500. The summed E-state index contributed by atoms with van der Waals surface area (Å²) in [7, 11) is 0. The quantitative estimate of drug-likeness (QED) is 0.589. The summed E-state index contributed by atoms with van der Waals surface area (Å²) in [6, 6.07) is 1.75. The highest BCUT2D eigenvalue weighted by molar-refractivity contribution is 9.93. The molecule has 0 aliphatic heterocycles. The van der Waals surface area contributed by atoms with E-state index in [0.717, 1.165) is 0 Å². The third kappa shape index (κ3) is 132. The number of halogens is 2. The van der Waals surface area contributed by atoms with E-state index >= 15 is 0 Å². The van der Waals surface area contributed by atoms with Crippen molar-refractivity contribution >= 4 is 28.3 Å². The highest BCUT2D eigenvalue weighted by atomic mass is 80.9. The number of rotatable bonds is 0. The van der Waals surface area contributed by atoms with E-state index in [0.29, 0.717) is 0 Å². The minimum Gasteiger partial charge on any atom is -0.199 e. The van der Waals surface area contributed by atoms with Gasteiger partial charge in [-0.25, -0.2) is 0 Å². The molecule has 0 radical (unpaired) electrons. The van der Waals surface area contributed by atoms with Crippen molar-refractivity contribution in [3.05, 3.63) is 0 Å². The van der Waals surface area contributed by atoms with E-state index in [1.807, 2.05) is 0 Å². The van der Waals surface area contributed by atoms with E-state index in [2.05, 4.69) is 28.3 Å². The van der Waals surface area contributed by atoms with Crippen LogP contribution < -0.4 is 0 Å². The molecule has 0 aliphatic carbocycles. The summed E-state index contributed by atoms with van der Waals surface area (Å²) in [5.74, 6) is 0. The monoisotopic (exact) mass is 199 g/mol. The molecule has 0 aliphatic rings. The van der Waals surface area contributed by atoms with Crippen LogP contribution in [0.5, 0.6) is 0 Å². The van der Waals surface area contributed by atoms with Gasteiger partial charge >= 0.3 is 0 Å². The summed E-state index contributed by atoms with van der Waals surface area (Å²) in [6.07, 6.45) is 0. The molecule has 0 heterocycles. The van der Waals surface area contributed by atoms with E-state index in [1.54, 1.807) is 6.07 Å². The van der Waals surface area contributed by atoms with Crippen LogP contribution in [0.15, 0.2) is 0 Å². The first-order valence-corrected chi connectivity index (χ1v) is 4.58. The Balaban J connectivity index is 0. The van der Waals surface area contributed by atoms with Crippen LogP contribution in [0.3, 0.4) is 0 Å². The van der Waals surface area contributed by atoms with E-state index < -0.39 is 0 Å². The van der Waals surface area contributed by atoms with Gasteiger partial charge in [0.15, 0.2) is 0 Å². The van der Waals surface area contributed by atoms with Crippen LogP contribution in [0.25, 0.3) is 0 Å². The summed E-state index contributed by atoms with van der Waals surface area (Å²) in [4.78, 5) is 0. The Morgan fingerprint density at radius 3 is 1.60 bits per heavy atom. The Labute approximate surface area is 46.8 Å². The topological polar surface area (TPSA) is 23.8 Å². The van der Waals surface area contributed by atoms with Crippen LogP contribution in [0.2, 0.25) is 0 Å². The van der Waals surface area contributed by atoms with Gasteiger partial charge in [-0.3, -0.25) is 0 Å². The standard InChI is InChI=1S/C2H3N.Br2/c1-2-3;1-2/h1H3;. The molecule has 0 bridgehead atoms. The molecule has 0 aromatic carbocycles. The predicted octanol–water partition coefficient (Wildman–Crippen LogP) is 2.22. The lowest BCUT2D eigenvalue weighted by Gasteiger charge is -1.15. The van der Waals surface area contributed by atoms with Crippen molar-refractivity contribution in [3.63, 3.8) is 0 Å². The highest BCUT2D eigenvalue weighted by Gasteiger charge is 1.17. The van der Waals surface area contributed by atoms with Gasteiger partial charge in [0.05, 0.1) is 6.07 Å². The lowest BCUT2D eigenvalue weighted by atomic mass is 11.0. The Morgan fingerprint density at radius 1 is 1.60 bits per heavy atom. The zero-order chi connectivity index (χ0) is 4.71. The van der Waals surface area contributed by atoms with Crippen LogP contribution in [0.1, 0.15) is 6.92 Å². The Morgan fingerprint density at radius 2 is 1.60 bits per heavy atom. The normalized spacial score (nSPS) is 2.80. The largest absolute Gasteiger partial charge is 0.199 e. The summed E-state index contributed by atoms with van der Waals surface area (Å²) >= 11 is 5.50. The fourth-order valence-electron chi connectivity index (χ4n) is 0. The van der Waals surface area contributed by atoms with Gasteiger partial charge in [-0.15, -0.1) is 0 Å². The van der Waals surface area contributed by atoms with E-state index in [-0.39, 0.29) is 0 Å². The third-order valence-corrected chi connectivity index (χ3v) is 0. The smallest absolute Gasteiger partial charge is 0.0587 e. The minimum atomic E-state index is 1.43. The predicted molar refractivity (Wildman–Crippen MR) is 29.1 cm³/mol. The molecule has 0 unspecified atom stereocenters. The molecular weight excluding hydrogens is 198 g/mol. The third-order valence-electron chi connectivity index (χ3n) is 0. The van der Waals surface area contributed by atoms with Crippen molar-refractivity contribution in [2.75, 3.05) is 0 Å². The average Bonchev–Trinajstić information content (AvgIpc) is 1.46. The van der Waals surface area contributed by atoms with Gasteiger partial charge in [-0.1, -0.05) is 0 Å². The molecule has 0 atom stereocenters. The molecule has 0 N–H and O–H groups in total. The van der Waals surface area contributed by atoms with Crippen molar-refractivity contribution in [2.45, 2.75) is 6.92 Å². The molecule has 0 aromatic heterocycles. The first-order valence-electron chi connectivity index (χ1n) is 0.866. The maximum atomic E-state index is 7.32. The highest BCUT2D eigenvalue weighted by Crippen LogP contribution is 1.85. The van der Waals surface area contributed by atoms with Gasteiger partial charge < -0.3 is 0 Å². The molecular formula is C2H3Br2N. The molecule has 0 rings (SSSR count). The van der Waals surface area contributed by atoms with Crippen molar-refractivity contribution in [3.8, 4) is 6.07 Å². The maximum Gasteiger partial charge on any atom is 0.0587 e. The zero-order valence-corrected chi connectivity index (χ0v) is 5.88. The Kier molecular flexibility index (Phi) is 45.7. The van der Waals surface area contributed by atoms with Gasteiger partial charge in [-0.05, 0) is 0 Å². The molecule has 1 nitrogen and oxygen atoms in total. The van der Waals surface area contributed by atoms with Crippen molar-refractivity contribution in [2.24, 2.45) is 0 Å². The second-order valence-corrected chi connectivity index (χ2v) is 0.224. The molecule has 0 aromatic rings. The number of hydrogen-bond acceptors (Lipinski definition) is 1. The molecule has 5 heavy (non-hydrogen) atoms. The van der Waals surface area contributed by atoms with Crippen LogP contribution in [0.4, 0.5) is 0 Å². The van der Waals surface area contributed by atoms with Gasteiger partial charge in [0.2, 0.25) is 0 Å². The Bertz CT molecular complexity index is 29.1. The van der Waals surface area contributed by atoms with Crippen LogP contribution in [-0.2, 0) is 0 Å². The van der Waals surface area contributed by atoms with E-state index in [9.17, 15) is 0 Å². The molecule has 30 valence electrons. The van der Waals surface area contributed by atoms with Crippen LogP contribution in [0, 0.1) is 11.3 Å². The summed E-state index contributed by atoms with van der Waals surface area (Å²) in [6.45, 7) is 1.43. The molecule has 3 heteroatoms. The van der Waals surface area contributed by atoms with Crippen molar-refractivity contribution in [1.29, 1.82) is 5.26 Å². The summed E-state index contributed by atoms with van der Waals surface area (Å²) in [5, 5.41) is 7.32. The fourth-order valence-corrected chi connectivity index (χ4v) is 0. The first-order chi connectivity index (χ1) is 2.41. The second kappa shape index (κ2) is 25.2. The minimum absolute atomic E-state index is 1.43. The molecule has 0 saturated heterocycles. The van der Waals surface area contributed by atoms with Crippen LogP contribution in [-0.4, -0.2) is 0 Å². The van der Waals surface area contributed by atoms with Crippen LogP contribution >= 0.6 is 28.3 Å². The van der Waals surface area contributed by atoms with E-state index in [1.165, 1.54) is 6.92 Å². The Hall–Kier alpha value is 0.450. The van der Waals surface area contributed by atoms with Gasteiger partial charge in [0, 0.05) is 35.2 Å². The van der Waals surface area contributed by atoms with Crippen molar-refractivity contribution in [1.82, 2.24) is 0 Å². The van der Waals surface area contributed by atoms with Gasteiger partial charge in [0.1, 0.15) is 0 Å². The molecule has 0 saturated carbocycles. The molecule has 0 spiro atoms. The maximum absolute atomic E-state index is 7.32. The number of nitriles is 1. The zero-order valence-electron chi connectivity index (χ0n) is 2.70. The molecule has 0 amide bonds. The summed E-state index contributed by atoms with van der Waals surface area (Å²) in [5.41, 5.74) is 0. The van der Waals surface area contributed by atoms with Gasteiger partial charge in [0.25, 0.3) is 0 Å². The number of nitrogens with zero attached hydrogens (tertiary/aromatic N) is 1. The lowest BCUT2D eigenvalue weighted by Crippen LogP contribution is -1.10. The number of hydrogen-bond donors (Lipinski definition) is 0. The SMILES string of the molecule is BrBr.CC#N.